The highest BCUT2D eigenvalue weighted by atomic mass is 16.3. The van der Waals surface area contributed by atoms with Crippen molar-refractivity contribution in [1.82, 2.24) is 15.2 Å². The minimum absolute atomic E-state index is 0.165. The van der Waals surface area contributed by atoms with E-state index in [1.54, 1.807) is 12.5 Å². The van der Waals surface area contributed by atoms with Gasteiger partial charge in [-0.05, 0) is 50.0 Å². The highest BCUT2D eigenvalue weighted by Crippen LogP contribution is 2.28. The summed E-state index contributed by atoms with van der Waals surface area (Å²) in [6.07, 6.45) is 5.56. The van der Waals surface area contributed by atoms with Crippen molar-refractivity contribution >= 4 is 16.9 Å². The minimum atomic E-state index is -0.165. The van der Waals surface area contributed by atoms with Gasteiger partial charge < -0.3 is 14.6 Å². The summed E-state index contributed by atoms with van der Waals surface area (Å²) >= 11 is 0. The van der Waals surface area contributed by atoms with E-state index < -0.39 is 0 Å². The Labute approximate surface area is 163 Å². The number of piperidine rings is 3. The summed E-state index contributed by atoms with van der Waals surface area (Å²) in [6, 6.07) is 11.8. The number of aromatic nitrogens is 1. The second-order valence-electron chi connectivity index (χ2n) is 7.52. The molecule has 3 aliphatic rings. The zero-order valence-corrected chi connectivity index (χ0v) is 15.5. The summed E-state index contributed by atoms with van der Waals surface area (Å²) in [7, 11) is 0. The standard InChI is InChI=1S/C23H21N3O2/c27-23(25-20-14-26-12-9-17(20)10-13-26)21-22-19(8-11-24-21)18(15-28-22)7-6-16-4-2-1-3-5-16/h1-5,8,11,15,17,20H,9-10,12-14H2,(H,25,27)/t20-/m0/s1. The molecule has 3 aliphatic heterocycles. The summed E-state index contributed by atoms with van der Waals surface area (Å²) in [5.74, 6) is 6.68. The molecule has 5 heteroatoms. The maximum absolute atomic E-state index is 12.9. The fourth-order valence-corrected chi connectivity index (χ4v) is 4.25. The van der Waals surface area contributed by atoms with Crippen LogP contribution in [0.5, 0.6) is 0 Å². The number of rotatable bonds is 2. The number of benzene rings is 1. The van der Waals surface area contributed by atoms with Crippen LogP contribution in [0.2, 0.25) is 0 Å². The molecule has 6 rings (SSSR count). The number of hydrogen-bond donors (Lipinski definition) is 1. The van der Waals surface area contributed by atoms with Gasteiger partial charge in [0.2, 0.25) is 0 Å². The van der Waals surface area contributed by atoms with Gasteiger partial charge in [-0.2, -0.15) is 0 Å². The summed E-state index contributed by atoms with van der Waals surface area (Å²) in [6.45, 7) is 3.22. The van der Waals surface area contributed by atoms with Crippen LogP contribution in [-0.4, -0.2) is 41.5 Å². The van der Waals surface area contributed by atoms with Crippen molar-refractivity contribution in [2.45, 2.75) is 18.9 Å². The van der Waals surface area contributed by atoms with Crippen molar-refractivity contribution in [1.29, 1.82) is 0 Å². The molecular weight excluding hydrogens is 350 g/mol. The second-order valence-corrected chi connectivity index (χ2v) is 7.52. The molecule has 5 nitrogen and oxygen atoms in total. The molecule has 2 aromatic heterocycles. The second kappa shape index (κ2) is 7.14. The van der Waals surface area contributed by atoms with E-state index >= 15 is 0 Å². The molecule has 1 N–H and O–H groups in total. The molecule has 0 saturated carbocycles. The number of hydrogen-bond acceptors (Lipinski definition) is 4. The molecule has 0 unspecified atom stereocenters. The van der Waals surface area contributed by atoms with Crippen LogP contribution in [0.3, 0.4) is 0 Å². The van der Waals surface area contributed by atoms with Gasteiger partial charge in [0, 0.05) is 29.7 Å². The van der Waals surface area contributed by atoms with Gasteiger partial charge >= 0.3 is 0 Å². The Morgan fingerprint density at radius 1 is 1.14 bits per heavy atom. The van der Waals surface area contributed by atoms with Crippen LogP contribution < -0.4 is 5.32 Å². The first-order valence-electron chi connectivity index (χ1n) is 9.74. The lowest BCUT2D eigenvalue weighted by atomic mass is 9.84. The van der Waals surface area contributed by atoms with Gasteiger partial charge in [0.15, 0.2) is 11.3 Å². The maximum atomic E-state index is 12.9. The van der Waals surface area contributed by atoms with E-state index in [0.717, 1.165) is 49.0 Å². The SMILES string of the molecule is O=C(N[C@H]1CN2CCC1CC2)c1nccc2c(C#Cc3ccccc3)coc12. The van der Waals surface area contributed by atoms with Crippen LogP contribution in [0, 0.1) is 17.8 Å². The lowest BCUT2D eigenvalue weighted by Gasteiger charge is -2.44. The van der Waals surface area contributed by atoms with E-state index in [-0.39, 0.29) is 11.9 Å². The molecule has 1 amide bonds. The van der Waals surface area contributed by atoms with Gasteiger partial charge in [0.05, 0.1) is 5.56 Å². The van der Waals surface area contributed by atoms with Gasteiger partial charge in [-0.1, -0.05) is 30.0 Å². The smallest absolute Gasteiger partial charge is 0.274 e. The molecule has 0 aliphatic carbocycles. The van der Waals surface area contributed by atoms with Gasteiger partial charge in [0.1, 0.15) is 6.26 Å². The molecule has 0 radical (unpaired) electrons. The first-order chi connectivity index (χ1) is 13.8. The number of amides is 1. The Bertz CT molecular complexity index is 1070. The molecule has 2 bridgehead atoms. The highest BCUT2D eigenvalue weighted by Gasteiger charge is 2.35. The van der Waals surface area contributed by atoms with E-state index in [9.17, 15) is 4.79 Å². The summed E-state index contributed by atoms with van der Waals surface area (Å²) in [5.41, 5.74) is 2.53. The molecular formula is C23H21N3O2. The Morgan fingerprint density at radius 2 is 1.96 bits per heavy atom. The van der Waals surface area contributed by atoms with E-state index in [1.165, 1.54) is 0 Å². The molecule has 28 heavy (non-hydrogen) atoms. The molecule has 0 spiro atoms. The van der Waals surface area contributed by atoms with Crippen molar-refractivity contribution < 1.29 is 9.21 Å². The Balaban J connectivity index is 1.41. The van der Waals surface area contributed by atoms with Crippen molar-refractivity contribution in [2.75, 3.05) is 19.6 Å². The maximum Gasteiger partial charge on any atom is 0.274 e. The van der Waals surface area contributed by atoms with Crippen molar-refractivity contribution in [3.63, 3.8) is 0 Å². The van der Waals surface area contributed by atoms with Gasteiger partial charge in [-0.15, -0.1) is 0 Å². The van der Waals surface area contributed by atoms with Crippen LogP contribution in [0.1, 0.15) is 34.5 Å². The minimum Gasteiger partial charge on any atom is -0.460 e. The first-order valence-corrected chi connectivity index (χ1v) is 9.74. The average Bonchev–Trinajstić information content (AvgIpc) is 3.17. The molecule has 1 aromatic carbocycles. The number of nitrogens with one attached hydrogen (secondary N) is 1. The molecule has 140 valence electrons. The average molecular weight is 371 g/mol. The number of nitrogens with zero attached hydrogens (tertiary/aromatic N) is 2. The Hall–Kier alpha value is -3.10. The number of carbonyl (C=O) groups is 1. The normalized spacial score (nSPS) is 23.2. The number of furan rings is 1. The Kier molecular flexibility index (Phi) is 4.34. The van der Waals surface area contributed by atoms with Crippen LogP contribution in [-0.2, 0) is 0 Å². The zero-order valence-electron chi connectivity index (χ0n) is 15.5. The molecule has 3 saturated heterocycles. The summed E-state index contributed by atoms with van der Waals surface area (Å²) in [4.78, 5) is 19.6. The quantitative estimate of drug-likeness (QED) is 0.704. The molecule has 5 heterocycles. The molecule has 3 aromatic rings. The van der Waals surface area contributed by atoms with E-state index in [4.69, 9.17) is 4.42 Å². The third-order valence-electron chi connectivity index (χ3n) is 5.79. The van der Waals surface area contributed by atoms with E-state index in [0.29, 0.717) is 17.2 Å². The van der Waals surface area contributed by atoms with Crippen molar-refractivity contribution in [3.8, 4) is 11.8 Å². The van der Waals surface area contributed by atoms with E-state index in [1.807, 2.05) is 36.4 Å². The fraction of sp³-hybridized carbons (Fsp3) is 0.304. The predicted octanol–water partition coefficient (Wildman–Crippen LogP) is 3.05. The largest absolute Gasteiger partial charge is 0.460 e. The number of pyridine rings is 1. The summed E-state index contributed by atoms with van der Waals surface area (Å²) in [5, 5.41) is 4.00. The monoisotopic (exact) mass is 371 g/mol. The number of fused-ring (bicyclic) bond motifs is 4. The van der Waals surface area contributed by atoms with Crippen LogP contribution in [0.4, 0.5) is 0 Å². The fourth-order valence-electron chi connectivity index (χ4n) is 4.25. The van der Waals surface area contributed by atoms with Gasteiger partial charge in [-0.25, -0.2) is 4.98 Å². The summed E-state index contributed by atoms with van der Waals surface area (Å²) < 4.78 is 5.70. The van der Waals surface area contributed by atoms with Crippen LogP contribution >= 0.6 is 0 Å². The van der Waals surface area contributed by atoms with E-state index in [2.05, 4.69) is 27.0 Å². The molecule has 1 atom stereocenters. The zero-order chi connectivity index (χ0) is 18.9. The van der Waals surface area contributed by atoms with Gasteiger partial charge in [0.25, 0.3) is 5.91 Å². The number of carbonyl (C=O) groups excluding carboxylic acids is 1. The van der Waals surface area contributed by atoms with Crippen LogP contribution in [0.25, 0.3) is 11.0 Å². The Morgan fingerprint density at radius 3 is 2.71 bits per heavy atom. The van der Waals surface area contributed by atoms with Crippen LogP contribution in [0.15, 0.2) is 53.3 Å². The lowest BCUT2D eigenvalue weighted by Crippen LogP contribution is -2.57. The van der Waals surface area contributed by atoms with Crippen molar-refractivity contribution in [2.24, 2.45) is 5.92 Å². The molecule has 3 fully saturated rings. The lowest BCUT2D eigenvalue weighted by molar-refractivity contribution is 0.0618. The predicted molar refractivity (Wildman–Crippen MR) is 107 cm³/mol. The van der Waals surface area contributed by atoms with Crippen molar-refractivity contribution in [3.05, 3.63) is 65.7 Å². The third kappa shape index (κ3) is 3.17. The topological polar surface area (TPSA) is 58.4 Å². The third-order valence-corrected chi connectivity index (χ3v) is 5.79. The first kappa shape index (κ1) is 17.0. The van der Waals surface area contributed by atoms with Gasteiger partial charge in [-0.3, -0.25) is 4.79 Å². The highest BCUT2D eigenvalue weighted by molar-refractivity contribution is 6.04.